The minimum atomic E-state index is -0.150. The average molecular weight is 1130 g/mol. The first kappa shape index (κ1) is 54.1. The Hall–Kier alpha value is -4.26. The lowest BCUT2D eigenvalue weighted by atomic mass is 9.70. The first-order chi connectivity index (χ1) is 36.7. The molecule has 1 atom stereocenters. The SMILES string of the molecule is CCCCCCCCCC1(CCCCCCCC)c2cc(Br)ccc2-c2cc3c(cc21)C1=C2C(=O)N4C=Cc5cc6c(cc5C4=C2C(=O)N1C=C3)C(CCCCCCCC)(CCCCCCCC)c1cc(Br)ccc1-6. The third kappa shape index (κ3) is 10.2. The maximum absolute atomic E-state index is 15.4. The number of benzene rings is 4. The third-order valence-electron chi connectivity index (χ3n) is 18.5. The van der Waals surface area contributed by atoms with Crippen molar-refractivity contribution in [3.8, 4) is 22.3 Å². The van der Waals surface area contributed by atoms with Gasteiger partial charge in [0.1, 0.15) is 0 Å². The van der Waals surface area contributed by atoms with Crippen LogP contribution in [0.2, 0.25) is 0 Å². The summed E-state index contributed by atoms with van der Waals surface area (Å²) >= 11 is 7.87. The monoisotopic (exact) mass is 1130 g/mol. The fraction of sp³-hybridized carbons (Fsp3) is 0.507. The highest BCUT2D eigenvalue weighted by Crippen LogP contribution is 2.60. The van der Waals surface area contributed by atoms with Gasteiger partial charge in [0.15, 0.2) is 0 Å². The second-order valence-corrected chi connectivity index (χ2v) is 25.2. The van der Waals surface area contributed by atoms with Crippen LogP contribution in [0.4, 0.5) is 0 Å². The Morgan fingerprint density at radius 3 is 1.00 bits per heavy atom. The largest absolute Gasteiger partial charge is 0.282 e. The molecule has 4 nitrogen and oxygen atoms in total. The Balaban J connectivity index is 1.07. The van der Waals surface area contributed by atoms with Crippen molar-refractivity contribution in [2.45, 2.75) is 225 Å². The molecule has 6 aliphatic rings. The molecule has 75 heavy (non-hydrogen) atoms. The van der Waals surface area contributed by atoms with E-state index in [-0.39, 0.29) is 22.6 Å². The number of halogens is 2. The summed E-state index contributed by atoms with van der Waals surface area (Å²) in [7, 11) is 0. The van der Waals surface area contributed by atoms with Crippen LogP contribution in [0.5, 0.6) is 0 Å². The maximum atomic E-state index is 15.4. The Kier molecular flexibility index (Phi) is 17.4. The first-order valence-corrected chi connectivity index (χ1v) is 31.8. The topological polar surface area (TPSA) is 40.6 Å². The fourth-order valence-electron chi connectivity index (χ4n) is 14.5. The number of fused-ring (bicyclic) bond motifs is 13. The van der Waals surface area contributed by atoms with Gasteiger partial charge in [-0.3, -0.25) is 19.4 Å². The summed E-state index contributed by atoms with van der Waals surface area (Å²) in [5.41, 5.74) is 17.5. The molecule has 6 heteroatoms. The molecule has 396 valence electrons. The zero-order valence-corrected chi connectivity index (χ0v) is 49.2. The Morgan fingerprint density at radius 1 is 0.360 bits per heavy atom. The van der Waals surface area contributed by atoms with Gasteiger partial charge in [-0.05, 0) is 142 Å². The number of hydrogen-bond acceptors (Lipinski definition) is 2. The van der Waals surface area contributed by atoms with E-state index < -0.39 is 0 Å². The summed E-state index contributed by atoms with van der Waals surface area (Å²) in [5.74, 6) is -0.192. The molecule has 4 aliphatic heterocycles. The summed E-state index contributed by atoms with van der Waals surface area (Å²) in [6.07, 6.45) is 44.2. The standard InChI is InChI=1S/C69H84Br2N2O2/c1-5-9-13-17-21-25-29-39-69(38-28-24-20-16-12-8-4)59-45-51(71)31-33-53(59)57-43-49-35-41-73-65(55(49)47-61(57)69)63-62(66(73)74)64-54-46-60-56(42-48(54)34-40-72(64)67(63)75)52-32-30-50(70)44-58(52)68(60,36-26-22-18-14-10-6-2)37-27-23-19-15-11-7-3/h30-35,40-47H,5-29,36-39H2,1-4H3. The van der Waals surface area contributed by atoms with Crippen LogP contribution in [0.1, 0.15) is 258 Å². The van der Waals surface area contributed by atoms with Gasteiger partial charge < -0.3 is 0 Å². The van der Waals surface area contributed by atoms with Crippen LogP contribution in [0.3, 0.4) is 0 Å². The minimum Gasteiger partial charge on any atom is -0.282 e. The highest BCUT2D eigenvalue weighted by atomic mass is 79.9. The van der Waals surface area contributed by atoms with E-state index in [4.69, 9.17) is 0 Å². The van der Waals surface area contributed by atoms with Gasteiger partial charge in [0.25, 0.3) is 11.8 Å². The molecule has 10 rings (SSSR count). The lowest BCUT2D eigenvalue weighted by Gasteiger charge is -2.34. The van der Waals surface area contributed by atoms with Gasteiger partial charge in [-0.25, -0.2) is 0 Å². The predicted octanol–water partition coefficient (Wildman–Crippen LogP) is 20.9. The van der Waals surface area contributed by atoms with Gasteiger partial charge in [-0.1, -0.05) is 232 Å². The lowest BCUT2D eigenvalue weighted by Crippen LogP contribution is -2.28. The van der Waals surface area contributed by atoms with Crippen LogP contribution >= 0.6 is 31.9 Å². The molecule has 0 spiro atoms. The quantitative estimate of drug-likeness (QED) is 0.0509. The van der Waals surface area contributed by atoms with Crippen LogP contribution in [-0.4, -0.2) is 21.6 Å². The zero-order chi connectivity index (χ0) is 52.1. The van der Waals surface area contributed by atoms with Crippen LogP contribution in [0.25, 0.3) is 45.8 Å². The van der Waals surface area contributed by atoms with E-state index in [0.717, 1.165) is 68.3 Å². The van der Waals surface area contributed by atoms with Crippen LogP contribution < -0.4 is 0 Å². The molecule has 0 fully saturated rings. The van der Waals surface area contributed by atoms with E-state index in [1.807, 2.05) is 22.2 Å². The molecule has 4 heterocycles. The number of carbonyl (C=O) groups is 2. The maximum Gasteiger partial charge on any atom is 0.265 e. The van der Waals surface area contributed by atoms with Gasteiger partial charge in [0.2, 0.25) is 0 Å². The third-order valence-corrected chi connectivity index (χ3v) is 19.4. The van der Waals surface area contributed by atoms with Crippen molar-refractivity contribution < 1.29 is 9.59 Å². The van der Waals surface area contributed by atoms with E-state index >= 15 is 9.59 Å². The summed E-state index contributed by atoms with van der Waals surface area (Å²) in [6, 6.07) is 23.6. The molecule has 0 saturated heterocycles. The average Bonchev–Trinajstić information content (AvgIpc) is 4.08. The second kappa shape index (κ2) is 24.2. The van der Waals surface area contributed by atoms with Crippen LogP contribution in [-0.2, 0) is 20.4 Å². The van der Waals surface area contributed by atoms with Crippen molar-refractivity contribution >= 4 is 67.2 Å². The van der Waals surface area contributed by atoms with Gasteiger partial charge >= 0.3 is 0 Å². The van der Waals surface area contributed by atoms with E-state index in [2.05, 4.69) is 132 Å². The van der Waals surface area contributed by atoms with Gasteiger partial charge in [0.05, 0.1) is 22.5 Å². The van der Waals surface area contributed by atoms with Crippen molar-refractivity contribution in [2.75, 3.05) is 0 Å². The zero-order valence-electron chi connectivity index (χ0n) is 46.1. The number of hydrogen-bond donors (Lipinski definition) is 0. The molecule has 0 bridgehead atoms. The molecule has 0 radical (unpaired) electrons. The summed E-state index contributed by atoms with van der Waals surface area (Å²) in [5, 5.41) is 0. The minimum absolute atomic E-state index is 0.0960. The molecule has 4 aromatic rings. The summed E-state index contributed by atoms with van der Waals surface area (Å²) in [6.45, 7) is 9.20. The molecule has 1 unspecified atom stereocenters. The Bertz CT molecular complexity index is 2900. The smallest absolute Gasteiger partial charge is 0.265 e. The van der Waals surface area contributed by atoms with Crippen molar-refractivity contribution in [3.63, 3.8) is 0 Å². The second-order valence-electron chi connectivity index (χ2n) is 23.4. The van der Waals surface area contributed by atoms with Crippen LogP contribution in [0, 0.1) is 0 Å². The molecule has 2 aliphatic carbocycles. The summed E-state index contributed by atoms with van der Waals surface area (Å²) < 4.78 is 2.26. The molecule has 0 N–H and O–H groups in total. The number of rotatable bonds is 29. The highest BCUT2D eigenvalue weighted by molar-refractivity contribution is 9.10. The Morgan fingerprint density at radius 2 is 0.667 bits per heavy atom. The van der Waals surface area contributed by atoms with E-state index in [1.54, 1.807) is 0 Å². The molecule has 4 aromatic carbocycles. The van der Waals surface area contributed by atoms with Crippen molar-refractivity contribution in [3.05, 3.63) is 138 Å². The number of unbranched alkanes of at least 4 members (excludes halogenated alkanes) is 21. The molecule has 0 saturated carbocycles. The molecular weight excluding hydrogens is 1050 g/mol. The van der Waals surface area contributed by atoms with Crippen molar-refractivity contribution in [1.29, 1.82) is 0 Å². The number of amides is 2. The van der Waals surface area contributed by atoms with Crippen LogP contribution in [0.15, 0.2) is 93.2 Å². The van der Waals surface area contributed by atoms with E-state index in [9.17, 15) is 0 Å². The molecule has 0 aromatic heterocycles. The number of carbonyl (C=O) groups excluding carboxylic acids is 2. The fourth-order valence-corrected chi connectivity index (χ4v) is 15.3. The van der Waals surface area contributed by atoms with E-state index in [0.29, 0.717) is 11.1 Å². The first-order valence-electron chi connectivity index (χ1n) is 30.2. The molecular formula is C69H84Br2N2O2. The van der Waals surface area contributed by atoms with Gasteiger partial charge in [-0.15, -0.1) is 0 Å². The predicted molar refractivity (Wildman–Crippen MR) is 323 cm³/mol. The Labute approximate surface area is 468 Å². The van der Waals surface area contributed by atoms with Crippen molar-refractivity contribution in [1.82, 2.24) is 9.80 Å². The molecule has 2 amide bonds. The lowest BCUT2D eigenvalue weighted by molar-refractivity contribution is -0.122. The highest BCUT2D eigenvalue weighted by Gasteiger charge is 2.52. The number of nitrogens with zero attached hydrogens (tertiary/aromatic N) is 2. The summed E-state index contributed by atoms with van der Waals surface area (Å²) in [4.78, 5) is 34.4. The van der Waals surface area contributed by atoms with Crippen molar-refractivity contribution in [2.24, 2.45) is 0 Å². The van der Waals surface area contributed by atoms with Gasteiger partial charge in [-0.2, -0.15) is 0 Å². The normalized spacial score (nSPS) is 17.9. The van der Waals surface area contributed by atoms with Gasteiger partial charge in [0, 0.05) is 43.3 Å². The van der Waals surface area contributed by atoms with E-state index in [1.165, 1.54) is 205 Å².